The number of fused-ring (bicyclic) bond motifs is 1. The van der Waals surface area contributed by atoms with Crippen molar-refractivity contribution in [2.24, 2.45) is 0 Å². The van der Waals surface area contributed by atoms with Crippen LogP contribution in [-0.4, -0.2) is 59.8 Å². The van der Waals surface area contributed by atoms with E-state index in [4.69, 9.17) is 14.7 Å². The second-order valence-corrected chi connectivity index (χ2v) is 9.54. The van der Waals surface area contributed by atoms with E-state index in [1.807, 2.05) is 39.0 Å². The number of hydrogen-bond donors (Lipinski definition) is 2. The van der Waals surface area contributed by atoms with Crippen molar-refractivity contribution in [3.63, 3.8) is 0 Å². The highest BCUT2D eigenvalue weighted by atomic mass is 16.6. The molecule has 4 rings (SSSR count). The Bertz CT molecular complexity index is 1060. The van der Waals surface area contributed by atoms with Crippen LogP contribution in [0.3, 0.4) is 0 Å². The van der Waals surface area contributed by atoms with Gasteiger partial charge in [0.1, 0.15) is 11.4 Å². The number of carbonyl (C=O) groups is 2. The van der Waals surface area contributed by atoms with Crippen LogP contribution in [0, 0.1) is 0 Å². The monoisotopic (exact) mass is 452 g/mol. The second kappa shape index (κ2) is 9.25. The number of aromatic nitrogens is 2. The van der Waals surface area contributed by atoms with Crippen LogP contribution >= 0.6 is 0 Å². The molecule has 3 heterocycles. The van der Waals surface area contributed by atoms with Crippen molar-refractivity contribution in [3.8, 4) is 0 Å². The summed E-state index contributed by atoms with van der Waals surface area (Å²) in [6.45, 7) is 12.3. The van der Waals surface area contributed by atoms with E-state index in [1.165, 1.54) is 6.08 Å². The summed E-state index contributed by atoms with van der Waals surface area (Å²) in [5.74, 6) is 1.28. The maximum absolute atomic E-state index is 12.2. The predicted octanol–water partition coefficient (Wildman–Crippen LogP) is 3.46. The molecule has 176 valence electrons. The Kier molecular flexibility index (Phi) is 6.40. The molecule has 0 unspecified atom stereocenters. The van der Waals surface area contributed by atoms with Crippen LogP contribution in [0.1, 0.15) is 40.0 Å². The zero-order valence-electron chi connectivity index (χ0n) is 19.6. The van der Waals surface area contributed by atoms with Crippen molar-refractivity contribution in [3.05, 3.63) is 30.9 Å². The van der Waals surface area contributed by atoms with Crippen molar-refractivity contribution >= 4 is 40.4 Å². The molecule has 2 amide bonds. The molecule has 0 bridgehead atoms. The first kappa shape index (κ1) is 22.8. The number of nitrogens with zero attached hydrogens (tertiary/aromatic N) is 4. The quantitative estimate of drug-likeness (QED) is 0.670. The van der Waals surface area contributed by atoms with Crippen molar-refractivity contribution in [2.45, 2.75) is 51.7 Å². The summed E-state index contributed by atoms with van der Waals surface area (Å²) in [6, 6.07) is 5.63. The van der Waals surface area contributed by atoms with Crippen molar-refractivity contribution in [2.75, 3.05) is 41.3 Å². The van der Waals surface area contributed by atoms with E-state index < -0.39 is 11.7 Å². The molecule has 2 N–H and O–H groups in total. The van der Waals surface area contributed by atoms with Gasteiger partial charge in [-0.05, 0) is 64.3 Å². The van der Waals surface area contributed by atoms with Crippen LogP contribution < -0.4 is 20.4 Å². The molecule has 0 spiro atoms. The number of anilines is 3. The van der Waals surface area contributed by atoms with Gasteiger partial charge in [0.2, 0.25) is 11.9 Å². The van der Waals surface area contributed by atoms with E-state index in [1.54, 1.807) is 0 Å². The van der Waals surface area contributed by atoms with E-state index in [2.05, 4.69) is 27.0 Å². The van der Waals surface area contributed by atoms with Gasteiger partial charge < -0.3 is 25.2 Å². The first-order valence-electron chi connectivity index (χ1n) is 11.5. The van der Waals surface area contributed by atoms with Gasteiger partial charge in [-0.15, -0.1) is 0 Å². The third kappa shape index (κ3) is 5.53. The highest BCUT2D eigenvalue weighted by molar-refractivity contribution is 6.01. The molecule has 0 radical (unpaired) electrons. The third-order valence-electron chi connectivity index (χ3n) is 5.72. The summed E-state index contributed by atoms with van der Waals surface area (Å²) in [5.41, 5.74) is 0.900. The molecule has 0 saturated carbocycles. The fourth-order valence-corrected chi connectivity index (χ4v) is 4.22. The lowest BCUT2D eigenvalue weighted by Crippen LogP contribution is -2.40. The average molecular weight is 453 g/mol. The lowest BCUT2D eigenvalue weighted by atomic mass is 10.2. The van der Waals surface area contributed by atoms with Gasteiger partial charge in [0.15, 0.2) is 0 Å². The summed E-state index contributed by atoms with van der Waals surface area (Å²) in [4.78, 5) is 38.1. The molecule has 2 fully saturated rings. The van der Waals surface area contributed by atoms with Crippen molar-refractivity contribution in [1.29, 1.82) is 0 Å². The molecule has 2 aliphatic heterocycles. The van der Waals surface area contributed by atoms with Crippen LogP contribution in [0.15, 0.2) is 30.9 Å². The van der Waals surface area contributed by atoms with Crippen LogP contribution in [0.5, 0.6) is 0 Å². The average Bonchev–Trinajstić information content (AvgIpc) is 3.43. The molecule has 1 aromatic heterocycles. The van der Waals surface area contributed by atoms with E-state index >= 15 is 0 Å². The third-order valence-corrected chi connectivity index (χ3v) is 5.72. The number of carbonyl (C=O) groups excluding carboxylic acids is 2. The standard InChI is InChI=1S/C24H32N6O3/c1-5-20(31)25-16-8-9-18-19(14-16)27-22(29-11-6-7-12-29)28-21(18)30-13-10-17(15-30)26-23(32)33-24(2,3)4/h5,8-9,14,17H,1,6-7,10-13,15H2,2-4H3,(H,25,31)(H,26,32)/t17-/m1/s1. The van der Waals surface area contributed by atoms with Crippen molar-refractivity contribution < 1.29 is 14.3 Å². The van der Waals surface area contributed by atoms with Gasteiger partial charge in [0, 0.05) is 37.3 Å². The largest absolute Gasteiger partial charge is 0.444 e. The minimum absolute atomic E-state index is 0.0220. The van der Waals surface area contributed by atoms with E-state index in [-0.39, 0.29) is 11.9 Å². The normalized spacial score (nSPS) is 18.5. The Labute approximate surface area is 194 Å². The summed E-state index contributed by atoms with van der Waals surface area (Å²) in [5, 5.41) is 6.69. The van der Waals surface area contributed by atoms with E-state index in [9.17, 15) is 9.59 Å². The smallest absolute Gasteiger partial charge is 0.407 e. The molecular formula is C24H32N6O3. The van der Waals surface area contributed by atoms with Gasteiger partial charge in [-0.3, -0.25) is 4.79 Å². The van der Waals surface area contributed by atoms with E-state index in [0.717, 1.165) is 55.6 Å². The Balaban J connectivity index is 1.61. The molecule has 1 aromatic carbocycles. The zero-order valence-corrected chi connectivity index (χ0v) is 19.6. The number of amides is 2. The first-order chi connectivity index (χ1) is 15.7. The molecule has 33 heavy (non-hydrogen) atoms. The number of ether oxygens (including phenoxy) is 1. The molecule has 9 nitrogen and oxygen atoms in total. The molecule has 2 saturated heterocycles. The molecule has 0 aliphatic carbocycles. The SMILES string of the molecule is C=CC(=O)Nc1ccc2c(N3CC[C@@H](NC(=O)OC(C)(C)C)C3)nc(N3CCCC3)nc2c1. The molecule has 1 atom stereocenters. The van der Waals surface area contributed by atoms with Crippen molar-refractivity contribution in [1.82, 2.24) is 15.3 Å². The summed E-state index contributed by atoms with van der Waals surface area (Å²) < 4.78 is 5.41. The van der Waals surface area contributed by atoms with Crippen LogP contribution in [-0.2, 0) is 9.53 Å². The minimum Gasteiger partial charge on any atom is -0.444 e. The maximum atomic E-state index is 12.2. The van der Waals surface area contributed by atoms with Crippen LogP contribution in [0.4, 0.5) is 22.2 Å². The highest BCUT2D eigenvalue weighted by Gasteiger charge is 2.29. The first-order valence-corrected chi connectivity index (χ1v) is 11.5. The zero-order chi connectivity index (χ0) is 23.6. The van der Waals surface area contributed by atoms with Crippen LogP contribution in [0.25, 0.3) is 10.9 Å². The highest BCUT2D eigenvalue weighted by Crippen LogP contribution is 2.31. The Morgan fingerprint density at radius 1 is 1.15 bits per heavy atom. The molecule has 9 heteroatoms. The number of rotatable bonds is 5. The van der Waals surface area contributed by atoms with E-state index in [0.29, 0.717) is 18.2 Å². The summed E-state index contributed by atoms with van der Waals surface area (Å²) in [6.07, 6.45) is 3.89. The number of hydrogen-bond acceptors (Lipinski definition) is 7. The number of benzene rings is 1. The molecule has 2 aromatic rings. The van der Waals surface area contributed by atoms with Gasteiger partial charge in [-0.1, -0.05) is 6.58 Å². The Morgan fingerprint density at radius 3 is 2.61 bits per heavy atom. The van der Waals surface area contributed by atoms with Gasteiger partial charge in [-0.25, -0.2) is 9.78 Å². The number of nitrogens with one attached hydrogen (secondary N) is 2. The predicted molar refractivity (Wildman–Crippen MR) is 130 cm³/mol. The summed E-state index contributed by atoms with van der Waals surface area (Å²) in [7, 11) is 0. The van der Waals surface area contributed by atoms with Gasteiger partial charge >= 0.3 is 6.09 Å². The fourth-order valence-electron chi connectivity index (χ4n) is 4.22. The number of alkyl carbamates (subject to hydrolysis) is 1. The second-order valence-electron chi connectivity index (χ2n) is 9.54. The van der Waals surface area contributed by atoms with Gasteiger partial charge in [0.05, 0.1) is 11.6 Å². The van der Waals surface area contributed by atoms with Gasteiger partial charge in [0.25, 0.3) is 0 Å². The Hall–Kier alpha value is -3.36. The molecule has 2 aliphatic rings. The minimum atomic E-state index is -0.533. The molecular weight excluding hydrogens is 420 g/mol. The lowest BCUT2D eigenvalue weighted by molar-refractivity contribution is -0.111. The fraction of sp³-hybridized carbons (Fsp3) is 0.500. The topological polar surface area (TPSA) is 99.7 Å². The van der Waals surface area contributed by atoms with Crippen LogP contribution in [0.2, 0.25) is 0 Å². The maximum Gasteiger partial charge on any atom is 0.407 e. The lowest BCUT2D eigenvalue weighted by Gasteiger charge is -2.24. The Morgan fingerprint density at radius 2 is 1.91 bits per heavy atom. The van der Waals surface area contributed by atoms with Gasteiger partial charge in [-0.2, -0.15) is 4.98 Å². The summed E-state index contributed by atoms with van der Waals surface area (Å²) >= 11 is 0.